The Labute approximate surface area is 130 Å². The maximum Gasteiger partial charge on any atom is 0.164 e. The molecule has 0 bridgehead atoms. The summed E-state index contributed by atoms with van der Waals surface area (Å²) < 4.78 is 22.3. The Morgan fingerprint density at radius 2 is 2.00 bits per heavy atom. The molecule has 1 heterocycles. The zero-order chi connectivity index (χ0) is 16.2. The maximum atomic E-state index is 11.2. The fourth-order valence-corrected chi connectivity index (χ4v) is 2.39. The van der Waals surface area contributed by atoms with Crippen molar-refractivity contribution in [2.24, 2.45) is 0 Å². The van der Waals surface area contributed by atoms with E-state index in [9.17, 15) is 4.79 Å². The summed E-state index contributed by atoms with van der Waals surface area (Å²) in [7, 11) is 1.62. The van der Waals surface area contributed by atoms with Gasteiger partial charge in [0.25, 0.3) is 0 Å². The van der Waals surface area contributed by atoms with E-state index in [-0.39, 0.29) is 0 Å². The van der Waals surface area contributed by atoms with Gasteiger partial charge in [0.15, 0.2) is 12.1 Å². The molecular weight excluding hydrogens is 284 g/mol. The van der Waals surface area contributed by atoms with Gasteiger partial charge in [0.1, 0.15) is 24.1 Å². The Balaban J connectivity index is 1.99. The number of ether oxygens (including phenoxy) is 4. The standard InChI is InChI=1S/C17H22O5/c1-5-14(16-15(10-18)21-17(2,3)22-16)20-11-12-6-8-13(19-4)9-7-12/h5-10,14-16H,1,11H2,2-4H3/t14-,15-,16+/m1/s1. The molecule has 0 spiro atoms. The Morgan fingerprint density at radius 1 is 1.32 bits per heavy atom. The number of carbonyl (C=O) groups excluding carboxylic acids is 1. The van der Waals surface area contributed by atoms with Gasteiger partial charge in [0.2, 0.25) is 0 Å². The Hall–Kier alpha value is -1.69. The molecule has 0 amide bonds. The molecule has 5 heteroatoms. The van der Waals surface area contributed by atoms with Gasteiger partial charge >= 0.3 is 0 Å². The molecule has 120 valence electrons. The van der Waals surface area contributed by atoms with Crippen molar-refractivity contribution in [3.05, 3.63) is 42.5 Å². The van der Waals surface area contributed by atoms with Crippen LogP contribution in [0.25, 0.3) is 0 Å². The number of aldehydes is 1. The largest absolute Gasteiger partial charge is 0.497 e. The highest BCUT2D eigenvalue weighted by atomic mass is 16.8. The van der Waals surface area contributed by atoms with E-state index in [1.54, 1.807) is 27.0 Å². The van der Waals surface area contributed by atoms with Crippen LogP contribution in [-0.2, 0) is 25.6 Å². The van der Waals surface area contributed by atoms with Crippen LogP contribution in [0, 0.1) is 0 Å². The molecule has 1 saturated heterocycles. The van der Waals surface area contributed by atoms with Crippen LogP contribution in [0.2, 0.25) is 0 Å². The van der Waals surface area contributed by atoms with E-state index in [1.165, 1.54) is 0 Å². The van der Waals surface area contributed by atoms with Gasteiger partial charge in [-0.3, -0.25) is 0 Å². The fourth-order valence-electron chi connectivity index (χ4n) is 2.39. The predicted molar refractivity (Wildman–Crippen MR) is 81.7 cm³/mol. The third-order valence-corrected chi connectivity index (χ3v) is 3.46. The molecule has 3 atom stereocenters. The van der Waals surface area contributed by atoms with Gasteiger partial charge in [-0.2, -0.15) is 0 Å². The number of methoxy groups -OCH3 is 1. The van der Waals surface area contributed by atoms with Crippen LogP contribution in [0.5, 0.6) is 5.75 Å². The first-order valence-electron chi connectivity index (χ1n) is 7.17. The minimum Gasteiger partial charge on any atom is -0.497 e. The number of hydrogen-bond donors (Lipinski definition) is 0. The Morgan fingerprint density at radius 3 is 2.55 bits per heavy atom. The van der Waals surface area contributed by atoms with Gasteiger partial charge in [-0.25, -0.2) is 0 Å². The smallest absolute Gasteiger partial charge is 0.164 e. The second kappa shape index (κ2) is 7.05. The fraction of sp³-hybridized carbons (Fsp3) is 0.471. The summed E-state index contributed by atoms with van der Waals surface area (Å²) in [6.45, 7) is 7.69. The van der Waals surface area contributed by atoms with E-state index in [0.717, 1.165) is 17.6 Å². The molecule has 1 aliphatic rings. The van der Waals surface area contributed by atoms with Crippen molar-refractivity contribution in [3.63, 3.8) is 0 Å². The zero-order valence-electron chi connectivity index (χ0n) is 13.2. The third kappa shape index (κ3) is 3.94. The molecule has 0 unspecified atom stereocenters. The highest BCUT2D eigenvalue weighted by molar-refractivity contribution is 5.58. The summed E-state index contributed by atoms with van der Waals surface area (Å²) >= 11 is 0. The molecule has 1 aromatic rings. The monoisotopic (exact) mass is 306 g/mol. The minimum absolute atomic E-state index is 0.381. The zero-order valence-corrected chi connectivity index (χ0v) is 13.2. The lowest BCUT2D eigenvalue weighted by atomic mass is 10.1. The van der Waals surface area contributed by atoms with Gasteiger partial charge in [0.05, 0.1) is 13.7 Å². The Kier molecular flexibility index (Phi) is 5.34. The predicted octanol–water partition coefficient (Wildman–Crippen LogP) is 2.49. The van der Waals surface area contributed by atoms with Crippen molar-refractivity contribution in [2.75, 3.05) is 7.11 Å². The summed E-state index contributed by atoms with van der Waals surface area (Å²) in [6, 6.07) is 7.58. The molecule has 1 aromatic carbocycles. The summed E-state index contributed by atoms with van der Waals surface area (Å²) in [5.41, 5.74) is 0.994. The van der Waals surface area contributed by atoms with Crippen LogP contribution in [-0.4, -0.2) is 37.5 Å². The lowest BCUT2D eigenvalue weighted by molar-refractivity contribution is -0.157. The van der Waals surface area contributed by atoms with Crippen LogP contribution in [0.15, 0.2) is 36.9 Å². The lowest BCUT2D eigenvalue weighted by Gasteiger charge is -2.23. The van der Waals surface area contributed by atoms with Gasteiger partial charge in [-0.05, 0) is 31.5 Å². The topological polar surface area (TPSA) is 54.0 Å². The first-order valence-corrected chi connectivity index (χ1v) is 7.17. The van der Waals surface area contributed by atoms with Crippen LogP contribution in [0.4, 0.5) is 0 Å². The van der Waals surface area contributed by atoms with Crippen molar-refractivity contribution < 1.29 is 23.7 Å². The molecule has 1 fully saturated rings. The van der Waals surface area contributed by atoms with Gasteiger partial charge < -0.3 is 23.7 Å². The van der Waals surface area contributed by atoms with Gasteiger partial charge in [-0.1, -0.05) is 18.2 Å². The quantitative estimate of drug-likeness (QED) is 0.572. The van der Waals surface area contributed by atoms with Crippen LogP contribution < -0.4 is 4.74 Å². The van der Waals surface area contributed by atoms with E-state index >= 15 is 0 Å². The van der Waals surface area contributed by atoms with Crippen molar-refractivity contribution >= 4 is 6.29 Å². The second-order valence-electron chi connectivity index (χ2n) is 5.56. The van der Waals surface area contributed by atoms with Crippen LogP contribution in [0.3, 0.4) is 0 Å². The molecular formula is C17H22O5. The summed E-state index contributed by atoms with van der Waals surface area (Å²) in [6.07, 6.45) is 0.790. The molecule has 0 saturated carbocycles. The van der Waals surface area contributed by atoms with E-state index < -0.39 is 24.1 Å². The minimum atomic E-state index is -0.805. The van der Waals surface area contributed by atoms with E-state index in [0.29, 0.717) is 6.61 Å². The van der Waals surface area contributed by atoms with Gasteiger partial charge in [0, 0.05) is 0 Å². The van der Waals surface area contributed by atoms with Gasteiger partial charge in [-0.15, -0.1) is 6.58 Å². The first kappa shape index (κ1) is 16.7. The summed E-state index contributed by atoms with van der Waals surface area (Å²) in [5.74, 6) is -0.0136. The number of hydrogen-bond acceptors (Lipinski definition) is 5. The van der Waals surface area contributed by atoms with Crippen LogP contribution >= 0.6 is 0 Å². The summed E-state index contributed by atoms with van der Waals surface area (Å²) in [4.78, 5) is 11.2. The average molecular weight is 306 g/mol. The first-order chi connectivity index (χ1) is 10.5. The molecule has 1 aliphatic heterocycles. The summed E-state index contributed by atoms with van der Waals surface area (Å²) in [5, 5.41) is 0. The molecule has 22 heavy (non-hydrogen) atoms. The maximum absolute atomic E-state index is 11.2. The average Bonchev–Trinajstić information content (AvgIpc) is 2.83. The second-order valence-corrected chi connectivity index (χ2v) is 5.56. The van der Waals surface area contributed by atoms with Crippen molar-refractivity contribution in [2.45, 2.75) is 44.6 Å². The van der Waals surface area contributed by atoms with E-state index in [4.69, 9.17) is 18.9 Å². The molecule has 0 N–H and O–H groups in total. The molecule has 0 aromatic heterocycles. The normalized spacial score (nSPS) is 24.7. The lowest BCUT2D eigenvalue weighted by Crippen LogP contribution is -2.36. The van der Waals surface area contributed by atoms with Crippen molar-refractivity contribution in [1.29, 1.82) is 0 Å². The highest BCUT2D eigenvalue weighted by Crippen LogP contribution is 2.30. The highest BCUT2D eigenvalue weighted by Gasteiger charge is 2.44. The Bertz CT molecular complexity index is 508. The number of rotatable bonds is 7. The van der Waals surface area contributed by atoms with Crippen molar-refractivity contribution in [3.8, 4) is 5.75 Å². The SMILES string of the molecule is C=C[C@@H](OCc1ccc(OC)cc1)[C@@H]1OC(C)(C)O[C@@H]1C=O. The van der Waals surface area contributed by atoms with E-state index in [2.05, 4.69) is 6.58 Å². The molecule has 0 aliphatic carbocycles. The number of carbonyl (C=O) groups is 1. The number of benzene rings is 1. The van der Waals surface area contributed by atoms with E-state index in [1.807, 2.05) is 24.3 Å². The molecule has 5 nitrogen and oxygen atoms in total. The van der Waals surface area contributed by atoms with Crippen molar-refractivity contribution in [1.82, 2.24) is 0 Å². The van der Waals surface area contributed by atoms with Crippen LogP contribution in [0.1, 0.15) is 19.4 Å². The molecule has 0 radical (unpaired) electrons. The third-order valence-electron chi connectivity index (χ3n) is 3.46. The molecule has 2 rings (SSSR count).